The molecule has 0 unspecified atom stereocenters. The standard InChI is InChI=1S/C27H36N2O4/c1-3-4-5-6-7-8-9-10-11-19-25(30)28-22-16-14-15-21(20-22)26(31)29-24-18-13-12-17-23(24)27(32)33-2/h12-18,20H,3-11,19H2,1-2H3,(H,28,30)(H,29,31). The maximum absolute atomic E-state index is 12.7. The van der Waals surface area contributed by atoms with Crippen molar-refractivity contribution in [1.82, 2.24) is 0 Å². The van der Waals surface area contributed by atoms with Crippen LogP contribution in [0, 0.1) is 0 Å². The second-order valence-corrected chi connectivity index (χ2v) is 8.20. The summed E-state index contributed by atoms with van der Waals surface area (Å²) in [7, 11) is 1.29. The highest BCUT2D eigenvalue weighted by atomic mass is 16.5. The Morgan fingerprint density at radius 1 is 0.788 bits per heavy atom. The van der Waals surface area contributed by atoms with Gasteiger partial charge < -0.3 is 15.4 Å². The summed E-state index contributed by atoms with van der Waals surface area (Å²) in [5.74, 6) is -0.948. The lowest BCUT2D eigenvalue weighted by Crippen LogP contribution is -2.16. The Hall–Kier alpha value is -3.15. The molecular weight excluding hydrogens is 416 g/mol. The van der Waals surface area contributed by atoms with Crippen molar-refractivity contribution in [3.63, 3.8) is 0 Å². The molecule has 6 nitrogen and oxygen atoms in total. The van der Waals surface area contributed by atoms with Crippen LogP contribution in [-0.2, 0) is 9.53 Å². The first-order chi connectivity index (χ1) is 16.0. The van der Waals surface area contributed by atoms with E-state index < -0.39 is 5.97 Å². The Morgan fingerprint density at radius 2 is 1.45 bits per heavy atom. The van der Waals surface area contributed by atoms with Gasteiger partial charge in [-0.2, -0.15) is 0 Å². The predicted molar refractivity (Wildman–Crippen MR) is 133 cm³/mol. The van der Waals surface area contributed by atoms with Crippen LogP contribution in [0.3, 0.4) is 0 Å². The Morgan fingerprint density at radius 3 is 2.15 bits per heavy atom. The number of hydrogen-bond donors (Lipinski definition) is 2. The lowest BCUT2D eigenvalue weighted by Gasteiger charge is -2.11. The molecule has 0 aliphatic carbocycles. The highest BCUT2D eigenvalue weighted by Gasteiger charge is 2.14. The van der Waals surface area contributed by atoms with Crippen molar-refractivity contribution >= 4 is 29.2 Å². The first kappa shape index (κ1) is 26.1. The van der Waals surface area contributed by atoms with Crippen LogP contribution in [0.25, 0.3) is 0 Å². The highest BCUT2D eigenvalue weighted by molar-refractivity contribution is 6.08. The average molecular weight is 453 g/mol. The molecule has 0 aromatic heterocycles. The van der Waals surface area contributed by atoms with Crippen LogP contribution in [0.1, 0.15) is 91.8 Å². The molecule has 0 heterocycles. The number of ether oxygens (including phenoxy) is 1. The average Bonchev–Trinajstić information content (AvgIpc) is 2.83. The summed E-state index contributed by atoms with van der Waals surface area (Å²) in [6.45, 7) is 2.23. The molecule has 0 aliphatic rings. The zero-order valence-electron chi connectivity index (χ0n) is 19.8. The van der Waals surface area contributed by atoms with E-state index in [2.05, 4.69) is 17.6 Å². The van der Waals surface area contributed by atoms with Gasteiger partial charge in [-0.05, 0) is 36.8 Å². The zero-order chi connectivity index (χ0) is 23.9. The van der Waals surface area contributed by atoms with Gasteiger partial charge in [-0.1, -0.05) is 76.5 Å². The van der Waals surface area contributed by atoms with Gasteiger partial charge in [0.25, 0.3) is 5.91 Å². The normalized spacial score (nSPS) is 10.5. The Balaban J connectivity index is 1.79. The highest BCUT2D eigenvalue weighted by Crippen LogP contribution is 2.19. The van der Waals surface area contributed by atoms with Crippen LogP contribution < -0.4 is 10.6 Å². The smallest absolute Gasteiger partial charge is 0.339 e. The van der Waals surface area contributed by atoms with Crippen LogP contribution in [-0.4, -0.2) is 24.9 Å². The molecule has 6 heteroatoms. The summed E-state index contributed by atoms with van der Waals surface area (Å²) in [5.41, 5.74) is 1.60. The van der Waals surface area contributed by atoms with Crippen molar-refractivity contribution in [2.45, 2.75) is 71.1 Å². The second-order valence-electron chi connectivity index (χ2n) is 8.20. The number of rotatable bonds is 14. The van der Waals surface area contributed by atoms with Crippen LogP contribution >= 0.6 is 0 Å². The topological polar surface area (TPSA) is 84.5 Å². The maximum Gasteiger partial charge on any atom is 0.339 e. The number of para-hydroxylation sites is 1. The van der Waals surface area contributed by atoms with E-state index in [1.165, 1.54) is 52.1 Å². The molecule has 2 aromatic carbocycles. The number of benzene rings is 2. The fraction of sp³-hybridized carbons (Fsp3) is 0.444. The van der Waals surface area contributed by atoms with Gasteiger partial charge in [0.05, 0.1) is 18.4 Å². The molecule has 0 atom stereocenters. The molecule has 2 aromatic rings. The minimum atomic E-state index is -0.525. The fourth-order valence-electron chi connectivity index (χ4n) is 3.63. The van der Waals surface area contributed by atoms with E-state index in [9.17, 15) is 14.4 Å². The number of anilines is 2. The number of carbonyl (C=O) groups is 3. The van der Waals surface area contributed by atoms with Gasteiger partial charge in [-0.15, -0.1) is 0 Å². The third-order valence-electron chi connectivity index (χ3n) is 5.50. The lowest BCUT2D eigenvalue weighted by molar-refractivity contribution is -0.116. The van der Waals surface area contributed by atoms with E-state index in [1.807, 2.05) is 0 Å². The fourth-order valence-corrected chi connectivity index (χ4v) is 3.63. The number of nitrogens with one attached hydrogen (secondary N) is 2. The molecule has 0 bridgehead atoms. The summed E-state index contributed by atoms with van der Waals surface area (Å²) in [6.07, 6.45) is 11.3. The van der Waals surface area contributed by atoms with Crippen LogP contribution in [0.4, 0.5) is 11.4 Å². The third kappa shape index (κ3) is 9.48. The number of carbonyl (C=O) groups excluding carboxylic acids is 3. The van der Waals surface area contributed by atoms with Gasteiger partial charge in [0.2, 0.25) is 5.91 Å². The predicted octanol–water partition coefficient (Wildman–Crippen LogP) is 6.58. The van der Waals surface area contributed by atoms with Gasteiger partial charge in [0.15, 0.2) is 0 Å². The first-order valence-electron chi connectivity index (χ1n) is 11.9. The molecule has 2 amide bonds. The van der Waals surface area contributed by atoms with Crippen LogP contribution in [0.2, 0.25) is 0 Å². The molecule has 0 saturated heterocycles. The van der Waals surface area contributed by atoms with E-state index >= 15 is 0 Å². The van der Waals surface area contributed by atoms with E-state index in [-0.39, 0.29) is 17.4 Å². The maximum atomic E-state index is 12.7. The molecule has 178 valence electrons. The van der Waals surface area contributed by atoms with Crippen LogP contribution in [0.5, 0.6) is 0 Å². The summed E-state index contributed by atoms with van der Waals surface area (Å²) in [5, 5.41) is 5.61. The zero-order valence-corrected chi connectivity index (χ0v) is 19.8. The minimum absolute atomic E-state index is 0.0495. The molecule has 2 rings (SSSR count). The Kier molecular flexibility index (Phi) is 11.7. The third-order valence-corrected chi connectivity index (χ3v) is 5.50. The minimum Gasteiger partial charge on any atom is -0.465 e. The van der Waals surface area contributed by atoms with Crippen molar-refractivity contribution in [2.24, 2.45) is 0 Å². The van der Waals surface area contributed by atoms with Crippen molar-refractivity contribution in [3.8, 4) is 0 Å². The van der Waals surface area contributed by atoms with E-state index in [1.54, 1.807) is 48.5 Å². The van der Waals surface area contributed by atoms with Gasteiger partial charge >= 0.3 is 5.97 Å². The lowest BCUT2D eigenvalue weighted by atomic mass is 10.1. The number of methoxy groups -OCH3 is 1. The SMILES string of the molecule is CCCCCCCCCCCC(=O)Nc1cccc(C(=O)Nc2ccccc2C(=O)OC)c1. The van der Waals surface area contributed by atoms with Crippen molar-refractivity contribution in [1.29, 1.82) is 0 Å². The molecule has 33 heavy (non-hydrogen) atoms. The van der Waals surface area contributed by atoms with E-state index in [0.717, 1.165) is 12.8 Å². The summed E-state index contributed by atoms with van der Waals surface area (Å²) in [4.78, 5) is 36.9. The number of hydrogen-bond acceptors (Lipinski definition) is 4. The van der Waals surface area contributed by atoms with Crippen molar-refractivity contribution in [2.75, 3.05) is 17.7 Å². The quantitative estimate of drug-likeness (QED) is 0.250. The van der Waals surface area contributed by atoms with E-state index in [0.29, 0.717) is 23.4 Å². The molecule has 0 radical (unpaired) electrons. The molecule has 0 fully saturated rings. The summed E-state index contributed by atoms with van der Waals surface area (Å²) >= 11 is 0. The molecule has 0 spiro atoms. The summed E-state index contributed by atoms with van der Waals surface area (Å²) < 4.78 is 4.76. The van der Waals surface area contributed by atoms with Gasteiger partial charge in [0, 0.05) is 17.7 Å². The number of esters is 1. The van der Waals surface area contributed by atoms with Gasteiger partial charge in [-0.3, -0.25) is 9.59 Å². The van der Waals surface area contributed by atoms with E-state index in [4.69, 9.17) is 4.74 Å². The largest absolute Gasteiger partial charge is 0.465 e. The molecule has 2 N–H and O–H groups in total. The van der Waals surface area contributed by atoms with Gasteiger partial charge in [-0.25, -0.2) is 4.79 Å². The molecule has 0 aliphatic heterocycles. The van der Waals surface area contributed by atoms with Crippen LogP contribution in [0.15, 0.2) is 48.5 Å². The van der Waals surface area contributed by atoms with Gasteiger partial charge in [0.1, 0.15) is 0 Å². The second kappa shape index (κ2) is 14.8. The number of unbranched alkanes of at least 4 members (excludes halogenated alkanes) is 8. The summed E-state index contributed by atoms with van der Waals surface area (Å²) in [6, 6.07) is 13.4. The van der Waals surface area contributed by atoms with Crippen molar-refractivity contribution in [3.05, 3.63) is 59.7 Å². The molecular formula is C27H36N2O4. The van der Waals surface area contributed by atoms with Crippen molar-refractivity contribution < 1.29 is 19.1 Å². The first-order valence-corrected chi connectivity index (χ1v) is 11.9. The number of amides is 2. The molecule has 0 saturated carbocycles. The Labute approximate surface area is 197 Å². The Bertz CT molecular complexity index is 910. The monoisotopic (exact) mass is 452 g/mol.